The average molecular weight is 453 g/mol. The maximum absolute atomic E-state index is 13.5. The number of amides is 1. The van der Waals surface area contributed by atoms with E-state index in [-0.39, 0.29) is 16.5 Å². The number of hydrogen-bond acceptors (Lipinski definition) is 5. The van der Waals surface area contributed by atoms with Crippen LogP contribution in [0.5, 0.6) is 11.5 Å². The number of ether oxygens (including phenoxy) is 2. The highest BCUT2D eigenvalue weighted by molar-refractivity contribution is 7.92. The van der Waals surface area contributed by atoms with Crippen LogP contribution in [-0.2, 0) is 16.4 Å². The number of benzene rings is 3. The molecule has 0 fully saturated rings. The minimum atomic E-state index is -3.83. The molecule has 1 aliphatic heterocycles. The topological polar surface area (TPSA) is 84.9 Å². The molecule has 3 aromatic carbocycles. The van der Waals surface area contributed by atoms with Gasteiger partial charge in [0.2, 0.25) is 0 Å². The Hall–Kier alpha value is -3.52. The largest absolute Gasteiger partial charge is 0.493 e. The van der Waals surface area contributed by atoms with Crippen molar-refractivity contribution in [1.82, 2.24) is 0 Å². The van der Waals surface area contributed by atoms with Gasteiger partial charge in [0.05, 0.1) is 24.8 Å². The molecule has 0 radical (unpaired) electrons. The van der Waals surface area contributed by atoms with E-state index in [0.717, 1.165) is 5.56 Å². The fraction of sp³-hybridized carbons (Fsp3) is 0.208. The summed E-state index contributed by atoms with van der Waals surface area (Å²) >= 11 is 0. The van der Waals surface area contributed by atoms with Gasteiger partial charge >= 0.3 is 0 Å². The van der Waals surface area contributed by atoms with Crippen LogP contribution in [0.4, 0.5) is 11.4 Å². The zero-order chi connectivity index (χ0) is 22.9. The summed E-state index contributed by atoms with van der Waals surface area (Å²) in [7, 11) is -0.794. The van der Waals surface area contributed by atoms with Gasteiger partial charge in [-0.1, -0.05) is 24.3 Å². The van der Waals surface area contributed by atoms with Crippen LogP contribution in [0.3, 0.4) is 0 Å². The van der Waals surface area contributed by atoms with Gasteiger partial charge in [-0.2, -0.15) is 0 Å². The second-order valence-corrected chi connectivity index (χ2v) is 9.35. The minimum Gasteiger partial charge on any atom is -0.493 e. The van der Waals surface area contributed by atoms with Crippen molar-refractivity contribution in [3.05, 3.63) is 77.9 Å². The van der Waals surface area contributed by atoms with Gasteiger partial charge in [0.25, 0.3) is 15.9 Å². The Morgan fingerprint density at radius 3 is 2.47 bits per heavy atom. The van der Waals surface area contributed by atoms with Gasteiger partial charge in [-0.25, -0.2) is 8.42 Å². The SMILES string of the molecule is COc1ccc(NC(=O)c2cccc(S(=O)(=O)N3c4ccccc4CC3C)c2)cc1OC. The molecule has 166 valence electrons. The number of methoxy groups -OCH3 is 2. The highest BCUT2D eigenvalue weighted by atomic mass is 32.2. The number of carbonyl (C=O) groups is 1. The van der Waals surface area contributed by atoms with Crippen LogP contribution in [0.2, 0.25) is 0 Å². The molecule has 0 aliphatic carbocycles. The number of nitrogens with one attached hydrogen (secondary N) is 1. The third-order valence-electron chi connectivity index (χ3n) is 5.44. The van der Waals surface area contributed by atoms with Crippen molar-refractivity contribution >= 4 is 27.3 Å². The fourth-order valence-electron chi connectivity index (χ4n) is 3.93. The lowest BCUT2D eigenvalue weighted by molar-refractivity contribution is 0.102. The Kier molecular flexibility index (Phi) is 5.80. The summed E-state index contributed by atoms with van der Waals surface area (Å²) < 4.78 is 38.8. The monoisotopic (exact) mass is 452 g/mol. The quantitative estimate of drug-likeness (QED) is 0.609. The molecule has 0 spiro atoms. The molecular formula is C24H24N2O5S. The molecule has 1 aliphatic rings. The molecule has 7 nitrogen and oxygen atoms in total. The lowest BCUT2D eigenvalue weighted by Crippen LogP contribution is -2.35. The number of para-hydroxylation sites is 1. The summed E-state index contributed by atoms with van der Waals surface area (Å²) in [6.45, 7) is 1.88. The summed E-state index contributed by atoms with van der Waals surface area (Å²) in [5, 5.41) is 2.77. The van der Waals surface area contributed by atoms with Crippen molar-refractivity contribution in [3.63, 3.8) is 0 Å². The first-order chi connectivity index (χ1) is 15.3. The van der Waals surface area contributed by atoms with Gasteiger partial charge in [-0.15, -0.1) is 0 Å². The van der Waals surface area contributed by atoms with E-state index in [1.165, 1.54) is 30.7 Å². The molecule has 0 aromatic heterocycles. The Balaban J connectivity index is 1.62. The standard InChI is InChI=1S/C24H24N2O5S/c1-16-13-17-7-4-5-10-21(17)26(16)32(28,29)20-9-6-8-18(14-20)24(27)25-19-11-12-22(30-2)23(15-19)31-3/h4-12,14-16H,13H2,1-3H3,(H,25,27). The molecule has 4 rings (SSSR count). The molecule has 1 N–H and O–H groups in total. The fourth-order valence-corrected chi connectivity index (χ4v) is 5.67. The average Bonchev–Trinajstić information content (AvgIpc) is 3.15. The van der Waals surface area contributed by atoms with E-state index in [2.05, 4.69) is 5.32 Å². The highest BCUT2D eigenvalue weighted by Crippen LogP contribution is 2.36. The maximum atomic E-state index is 13.5. The van der Waals surface area contributed by atoms with Crippen LogP contribution in [-0.4, -0.2) is 34.6 Å². The van der Waals surface area contributed by atoms with Gasteiger partial charge in [0.1, 0.15) is 0 Å². The number of rotatable bonds is 6. The number of fused-ring (bicyclic) bond motifs is 1. The van der Waals surface area contributed by atoms with E-state index in [1.54, 1.807) is 30.3 Å². The first-order valence-corrected chi connectivity index (χ1v) is 11.5. The molecule has 1 amide bonds. The van der Waals surface area contributed by atoms with Crippen LogP contribution in [0.1, 0.15) is 22.8 Å². The van der Waals surface area contributed by atoms with E-state index >= 15 is 0 Å². The highest BCUT2D eigenvalue weighted by Gasteiger charge is 2.36. The van der Waals surface area contributed by atoms with Crippen LogP contribution < -0.4 is 19.1 Å². The van der Waals surface area contributed by atoms with E-state index in [4.69, 9.17) is 9.47 Å². The second kappa shape index (κ2) is 8.55. The van der Waals surface area contributed by atoms with Gasteiger partial charge in [-0.3, -0.25) is 9.10 Å². The van der Waals surface area contributed by atoms with E-state index in [9.17, 15) is 13.2 Å². The number of nitrogens with zero attached hydrogens (tertiary/aromatic N) is 1. The van der Waals surface area contributed by atoms with Crippen molar-refractivity contribution in [2.45, 2.75) is 24.3 Å². The van der Waals surface area contributed by atoms with Crippen molar-refractivity contribution in [1.29, 1.82) is 0 Å². The molecule has 0 saturated heterocycles. The molecule has 1 atom stereocenters. The summed E-state index contributed by atoms with van der Waals surface area (Å²) in [6, 6.07) is 18.3. The van der Waals surface area contributed by atoms with Crippen LogP contribution >= 0.6 is 0 Å². The van der Waals surface area contributed by atoms with Crippen molar-refractivity contribution < 1.29 is 22.7 Å². The predicted octanol–water partition coefficient (Wildman–Crippen LogP) is 4.10. The molecular weight excluding hydrogens is 428 g/mol. The molecule has 0 bridgehead atoms. The molecule has 32 heavy (non-hydrogen) atoms. The van der Waals surface area contributed by atoms with E-state index in [0.29, 0.717) is 29.3 Å². The lowest BCUT2D eigenvalue weighted by atomic mass is 10.1. The summed E-state index contributed by atoms with van der Waals surface area (Å²) in [4.78, 5) is 12.9. The molecule has 1 unspecified atom stereocenters. The molecule has 0 saturated carbocycles. The maximum Gasteiger partial charge on any atom is 0.264 e. The first kappa shape index (κ1) is 21.7. The third-order valence-corrected chi connectivity index (χ3v) is 7.36. The minimum absolute atomic E-state index is 0.0704. The number of hydrogen-bond donors (Lipinski definition) is 1. The van der Waals surface area contributed by atoms with Crippen LogP contribution in [0.25, 0.3) is 0 Å². The smallest absolute Gasteiger partial charge is 0.264 e. The van der Waals surface area contributed by atoms with Gasteiger partial charge < -0.3 is 14.8 Å². The number of carbonyl (C=O) groups excluding carboxylic acids is 1. The Morgan fingerprint density at radius 1 is 0.969 bits per heavy atom. The van der Waals surface area contributed by atoms with Crippen LogP contribution in [0, 0.1) is 0 Å². The summed E-state index contributed by atoms with van der Waals surface area (Å²) in [5.41, 5.74) is 2.41. The van der Waals surface area contributed by atoms with Crippen molar-refractivity contribution in [2.75, 3.05) is 23.8 Å². The third kappa shape index (κ3) is 3.89. The first-order valence-electron chi connectivity index (χ1n) is 10.1. The van der Waals surface area contributed by atoms with E-state index in [1.807, 2.05) is 31.2 Å². The van der Waals surface area contributed by atoms with Gasteiger partial charge in [-0.05, 0) is 55.3 Å². The zero-order valence-corrected chi connectivity index (χ0v) is 18.8. The van der Waals surface area contributed by atoms with Crippen LogP contribution in [0.15, 0.2) is 71.6 Å². The van der Waals surface area contributed by atoms with Gasteiger partial charge in [0.15, 0.2) is 11.5 Å². The molecule has 1 heterocycles. The zero-order valence-electron chi connectivity index (χ0n) is 18.0. The number of anilines is 2. The molecule has 8 heteroatoms. The Bertz CT molecular complexity index is 1270. The van der Waals surface area contributed by atoms with E-state index < -0.39 is 15.9 Å². The summed E-state index contributed by atoms with van der Waals surface area (Å²) in [5.74, 6) is 0.589. The Morgan fingerprint density at radius 2 is 1.72 bits per heavy atom. The predicted molar refractivity (Wildman–Crippen MR) is 123 cm³/mol. The van der Waals surface area contributed by atoms with Crippen molar-refractivity contribution in [3.8, 4) is 11.5 Å². The summed E-state index contributed by atoms with van der Waals surface area (Å²) in [6.07, 6.45) is 0.648. The second-order valence-electron chi connectivity index (χ2n) is 7.53. The van der Waals surface area contributed by atoms with Gasteiger partial charge in [0, 0.05) is 23.4 Å². The van der Waals surface area contributed by atoms with Crippen molar-refractivity contribution in [2.24, 2.45) is 0 Å². The lowest BCUT2D eigenvalue weighted by Gasteiger charge is -2.24. The Labute approximate surface area is 187 Å². The normalized spacial score (nSPS) is 15.2. The molecule has 3 aromatic rings. The number of sulfonamides is 1.